The standard InChI is InChI=1S/C31H36N4O4S2.ClH/c1-5-33(6-2)20-21-34(31-32-28-27(39-4)18-13-22(3)29(28)40-31)30(36)24-14-16-25(17-15-24)41(37,38)35-19-9-11-23-10-7-8-12-26(23)35;/h7-8,10,12-18H,5-6,9,11,19-21H2,1-4H3;1H. The van der Waals surface area contributed by atoms with Crippen LogP contribution in [0.15, 0.2) is 65.6 Å². The van der Waals surface area contributed by atoms with Gasteiger partial charge in [0.1, 0.15) is 11.3 Å². The molecule has 0 saturated heterocycles. The molecule has 1 aromatic heterocycles. The first-order valence-electron chi connectivity index (χ1n) is 14.0. The predicted octanol–water partition coefficient (Wildman–Crippen LogP) is 6.17. The Kier molecular flexibility index (Phi) is 10.1. The number of carbonyl (C=O) groups excluding carboxylic acids is 1. The van der Waals surface area contributed by atoms with Crippen molar-refractivity contribution in [1.82, 2.24) is 9.88 Å². The maximum atomic E-state index is 14.0. The van der Waals surface area contributed by atoms with E-state index >= 15 is 0 Å². The van der Waals surface area contributed by atoms with Crippen LogP contribution in [0.4, 0.5) is 10.8 Å². The van der Waals surface area contributed by atoms with E-state index in [1.165, 1.54) is 27.8 Å². The number of amides is 1. The summed E-state index contributed by atoms with van der Waals surface area (Å²) in [7, 11) is -2.16. The molecule has 1 aliphatic rings. The van der Waals surface area contributed by atoms with E-state index in [2.05, 4.69) is 18.7 Å². The second-order valence-corrected chi connectivity index (χ2v) is 12.9. The summed E-state index contributed by atoms with van der Waals surface area (Å²) in [4.78, 5) is 22.9. The van der Waals surface area contributed by atoms with Crippen molar-refractivity contribution in [1.29, 1.82) is 0 Å². The number of fused-ring (bicyclic) bond motifs is 2. The molecule has 0 saturated carbocycles. The van der Waals surface area contributed by atoms with Gasteiger partial charge in [-0.05, 0) is 80.4 Å². The predicted molar refractivity (Wildman–Crippen MR) is 173 cm³/mol. The van der Waals surface area contributed by atoms with Gasteiger partial charge in [-0.25, -0.2) is 13.4 Å². The Bertz CT molecular complexity index is 1650. The molecule has 42 heavy (non-hydrogen) atoms. The highest BCUT2D eigenvalue weighted by Crippen LogP contribution is 2.37. The summed E-state index contributed by atoms with van der Waals surface area (Å²) < 4.78 is 35.3. The fraction of sp³-hybridized carbons (Fsp3) is 0.355. The number of methoxy groups -OCH3 is 1. The lowest BCUT2D eigenvalue weighted by molar-refractivity contribution is 0.0983. The van der Waals surface area contributed by atoms with Gasteiger partial charge < -0.3 is 9.64 Å². The second kappa shape index (κ2) is 13.4. The number of aromatic nitrogens is 1. The van der Waals surface area contributed by atoms with Crippen LogP contribution in [-0.4, -0.2) is 64.0 Å². The third-order valence-electron chi connectivity index (χ3n) is 7.68. The Morgan fingerprint density at radius 2 is 1.74 bits per heavy atom. The van der Waals surface area contributed by atoms with Crippen LogP contribution in [0, 0.1) is 6.92 Å². The molecule has 0 aliphatic carbocycles. The number of hydrogen-bond donors (Lipinski definition) is 0. The van der Waals surface area contributed by atoms with E-state index < -0.39 is 10.0 Å². The lowest BCUT2D eigenvalue weighted by atomic mass is 10.0. The van der Waals surface area contributed by atoms with E-state index in [0.29, 0.717) is 36.1 Å². The molecule has 2 heterocycles. The van der Waals surface area contributed by atoms with Crippen LogP contribution in [0.2, 0.25) is 0 Å². The highest BCUT2D eigenvalue weighted by Gasteiger charge is 2.30. The summed E-state index contributed by atoms with van der Waals surface area (Å²) in [5.74, 6) is 0.443. The third kappa shape index (κ3) is 6.13. The Morgan fingerprint density at radius 1 is 1.02 bits per heavy atom. The summed E-state index contributed by atoms with van der Waals surface area (Å²) in [5, 5.41) is 0.589. The van der Waals surface area contributed by atoms with Crippen LogP contribution in [-0.2, 0) is 16.4 Å². The van der Waals surface area contributed by atoms with E-state index in [4.69, 9.17) is 9.72 Å². The molecular formula is C31H37ClN4O4S2. The number of sulfonamides is 1. The van der Waals surface area contributed by atoms with Gasteiger partial charge in [0.15, 0.2) is 5.13 Å². The quantitative estimate of drug-likeness (QED) is 0.209. The first kappa shape index (κ1) is 31.7. The highest BCUT2D eigenvalue weighted by molar-refractivity contribution is 7.92. The van der Waals surface area contributed by atoms with Crippen LogP contribution in [0.3, 0.4) is 0 Å². The number of para-hydroxylation sites is 1. The summed E-state index contributed by atoms with van der Waals surface area (Å²) in [5.41, 5.74) is 3.96. The van der Waals surface area contributed by atoms with Gasteiger partial charge in [0.2, 0.25) is 0 Å². The fourth-order valence-corrected chi connectivity index (χ4v) is 7.86. The van der Waals surface area contributed by atoms with E-state index in [1.807, 2.05) is 43.3 Å². The molecule has 1 amide bonds. The zero-order valence-corrected chi connectivity index (χ0v) is 26.8. The maximum Gasteiger partial charge on any atom is 0.264 e. The summed E-state index contributed by atoms with van der Waals surface area (Å²) in [6.07, 6.45) is 1.62. The number of thiazole rings is 1. The average molecular weight is 629 g/mol. The number of halogens is 1. The summed E-state index contributed by atoms with van der Waals surface area (Å²) in [6.45, 7) is 9.53. The second-order valence-electron chi connectivity index (χ2n) is 10.1. The third-order valence-corrected chi connectivity index (χ3v) is 10.7. The minimum Gasteiger partial charge on any atom is -0.494 e. The number of benzene rings is 3. The van der Waals surface area contributed by atoms with E-state index in [9.17, 15) is 13.2 Å². The smallest absolute Gasteiger partial charge is 0.264 e. The first-order valence-corrected chi connectivity index (χ1v) is 16.2. The number of rotatable bonds is 10. The van der Waals surface area contributed by atoms with Crippen LogP contribution in [0.25, 0.3) is 10.2 Å². The molecule has 0 bridgehead atoms. The van der Waals surface area contributed by atoms with Crippen molar-refractivity contribution in [2.45, 2.75) is 38.5 Å². The Morgan fingerprint density at radius 3 is 2.43 bits per heavy atom. The summed E-state index contributed by atoms with van der Waals surface area (Å²) >= 11 is 1.46. The molecule has 4 aromatic rings. The molecule has 0 spiro atoms. The number of hydrogen-bond acceptors (Lipinski definition) is 7. The molecule has 11 heteroatoms. The van der Waals surface area contributed by atoms with Crippen LogP contribution in [0.5, 0.6) is 5.75 Å². The van der Waals surface area contributed by atoms with E-state index in [1.54, 1.807) is 24.1 Å². The zero-order chi connectivity index (χ0) is 29.1. The lowest BCUT2D eigenvalue weighted by Gasteiger charge is -2.30. The topological polar surface area (TPSA) is 83.1 Å². The zero-order valence-electron chi connectivity index (χ0n) is 24.4. The SMILES string of the molecule is CCN(CC)CCN(C(=O)c1ccc(S(=O)(=O)N2CCCc3ccccc32)cc1)c1nc2c(OC)ccc(C)c2s1.Cl. The molecular weight excluding hydrogens is 592 g/mol. The van der Waals surface area contributed by atoms with Crippen molar-refractivity contribution in [3.63, 3.8) is 0 Å². The van der Waals surface area contributed by atoms with Gasteiger partial charge >= 0.3 is 0 Å². The van der Waals surface area contributed by atoms with Crippen molar-refractivity contribution in [2.24, 2.45) is 0 Å². The van der Waals surface area contributed by atoms with Gasteiger partial charge in [-0.15, -0.1) is 12.4 Å². The molecule has 224 valence electrons. The minimum absolute atomic E-state index is 0. The Labute approximate surface area is 258 Å². The number of nitrogens with zero attached hydrogens (tertiary/aromatic N) is 4. The lowest BCUT2D eigenvalue weighted by Crippen LogP contribution is -2.39. The van der Waals surface area contributed by atoms with Crippen LogP contribution >= 0.6 is 23.7 Å². The van der Waals surface area contributed by atoms with Gasteiger partial charge in [-0.1, -0.05) is 49.4 Å². The molecule has 1 aliphatic heterocycles. The highest BCUT2D eigenvalue weighted by atomic mass is 35.5. The van der Waals surface area contributed by atoms with Crippen molar-refractivity contribution in [3.8, 4) is 5.75 Å². The molecule has 0 fully saturated rings. The van der Waals surface area contributed by atoms with Crippen LogP contribution < -0.4 is 13.9 Å². The monoisotopic (exact) mass is 628 g/mol. The number of ether oxygens (including phenoxy) is 1. The fourth-order valence-electron chi connectivity index (χ4n) is 5.25. The summed E-state index contributed by atoms with van der Waals surface area (Å²) in [6, 6.07) is 17.8. The van der Waals surface area contributed by atoms with Crippen molar-refractivity contribution >= 4 is 60.7 Å². The van der Waals surface area contributed by atoms with Gasteiger partial charge in [0, 0.05) is 25.2 Å². The minimum atomic E-state index is -3.77. The van der Waals surface area contributed by atoms with E-state index in [0.717, 1.165) is 53.0 Å². The van der Waals surface area contributed by atoms with Gasteiger partial charge in [-0.3, -0.25) is 14.0 Å². The normalized spacial score (nSPS) is 13.1. The molecule has 8 nitrogen and oxygen atoms in total. The van der Waals surface area contributed by atoms with Crippen LogP contribution in [0.1, 0.15) is 41.8 Å². The number of likely N-dealkylation sites (N-methyl/N-ethyl adjacent to an activating group) is 1. The van der Waals surface area contributed by atoms with Gasteiger partial charge in [0.05, 0.1) is 22.4 Å². The molecule has 5 rings (SSSR count). The number of carbonyl (C=O) groups is 1. The molecule has 0 unspecified atom stereocenters. The average Bonchev–Trinajstić information content (AvgIpc) is 3.45. The largest absolute Gasteiger partial charge is 0.494 e. The Balaban J connectivity index is 0.00000405. The van der Waals surface area contributed by atoms with Crippen molar-refractivity contribution in [3.05, 3.63) is 77.4 Å². The van der Waals surface area contributed by atoms with Crippen molar-refractivity contribution in [2.75, 3.05) is 49.0 Å². The van der Waals surface area contributed by atoms with Crippen molar-refractivity contribution < 1.29 is 17.9 Å². The molecule has 3 aromatic carbocycles. The first-order chi connectivity index (χ1) is 19.8. The molecule has 0 radical (unpaired) electrons. The van der Waals surface area contributed by atoms with Gasteiger partial charge in [0.25, 0.3) is 15.9 Å². The number of anilines is 2. The Hall–Kier alpha value is -3.18. The number of aryl methyl sites for hydroxylation is 2. The molecule has 0 atom stereocenters. The molecule has 0 N–H and O–H groups in total. The maximum absolute atomic E-state index is 14.0. The van der Waals surface area contributed by atoms with Gasteiger partial charge in [-0.2, -0.15) is 0 Å². The van der Waals surface area contributed by atoms with E-state index in [-0.39, 0.29) is 23.2 Å².